The van der Waals surface area contributed by atoms with Crippen molar-refractivity contribution in [1.29, 1.82) is 0 Å². The lowest BCUT2D eigenvalue weighted by Crippen LogP contribution is -2.40. The van der Waals surface area contributed by atoms with E-state index < -0.39 is 12.0 Å². The molecule has 1 unspecified atom stereocenters. The summed E-state index contributed by atoms with van der Waals surface area (Å²) in [6.45, 7) is 5.80. The van der Waals surface area contributed by atoms with Gasteiger partial charge in [0.1, 0.15) is 11.8 Å². The second kappa shape index (κ2) is 8.41. The lowest BCUT2D eigenvalue weighted by molar-refractivity contribution is -0.141. The molecule has 5 heteroatoms. The molecule has 1 aromatic carbocycles. The van der Waals surface area contributed by atoms with E-state index in [-0.39, 0.29) is 5.91 Å². The molecule has 1 aromatic rings. The summed E-state index contributed by atoms with van der Waals surface area (Å²) in [5.74, 6) is -0.362. The van der Waals surface area contributed by atoms with Crippen LogP contribution in [0.5, 0.6) is 5.75 Å². The van der Waals surface area contributed by atoms with E-state index >= 15 is 0 Å². The van der Waals surface area contributed by atoms with Crippen LogP contribution in [0.4, 0.5) is 0 Å². The van der Waals surface area contributed by atoms with Crippen LogP contribution in [0.15, 0.2) is 12.1 Å². The number of carbonyl (C=O) groups excluding carboxylic acids is 1. The summed E-state index contributed by atoms with van der Waals surface area (Å²) in [4.78, 5) is 22.7. The maximum Gasteiger partial charge on any atom is 0.326 e. The van der Waals surface area contributed by atoms with Crippen LogP contribution in [0.25, 0.3) is 0 Å². The summed E-state index contributed by atoms with van der Waals surface area (Å²) in [6, 6.07) is 3.18. The highest BCUT2D eigenvalue weighted by Crippen LogP contribution is 2.23. The Morgan fingerprint density at radius 1 is 1.27 bits per heavy atom. The van der Waals surface area contributed by atoms with Gasteiger partial charge in [0.2, 0.25) is 5.91 Å². The van der Waals surface area contributed by atoms with E-state index in [9.17, 15) is 9.59 Å². The van der Waals surface area contributed by atoms with Gasteiger partial charge in [0.25, 0.3) is 0 Å². The third-order valence-electron chi connectivity index (χ3n) is 3.78. The third-order valence-corrected chi connectivity index (χ3v) is 3.78. The van der Waals surface area contributed by atoms with Gasteiger partial charge in [-0.05, 0) is 61.9 Å². The molecular weight excluding hydrogens is 282 g/mol. The molecule has 0 radical (unpaired) electrons. The second-order valence-corrected chi connectivity index (χ2v) is 5.46. The molecule has 1 rings (SSSR count). The van der Waals surface area contributed by atoms with Crippen molar-refractivity contribution in [1.82, 2.24) is 5.32 Å². The minimum atomic E-state index is -0.988. The molecule has 1 atom stereocenters. The minimum Gasteiger partial charge on any atom is -0.497 e. The minimum absolute atomic E-state index is 0.210. The van der Waals surface area contributed by atoms with Crippen molar-refractivity contribution in [2.24, 2.45) is 0 Å². The molecule has 0 saturated heterocycles. The molecule has 0 bridgehead atoms. The number of rotatable bonds is 8. The van der Waals surface area contributed by atoms with Crippen molar-refractivity contribution in [3.05, 3.63) is 28.8 Å². The van der Waals surface area contributed by atoms with Crippen LogP contribution in [0.3, 0.4) is 0 Å². The number of carbonyl (C=O) groups is 2. The summed E-state index contributed by atoms with van der Waals surface area (Å²) in [5.41, 5.74) is 3.52. The number of amides is 1. The van der Waals surface area contributed by atoms with Gasteiger partial charge >= 0.3 is 5.97 Å². The van der Waals surface area contributed by atoms with Gasteiger partial charge in [-0.2, -0.15) is 0 Å². The van der Waals surface area contributed by atoms with Crippen molar-refractivity contribution in [2.75, 3.05) is 7.11 Å². The maximum atomic E-state index is 11.8. The fraction of sp³-hybridized carbons (Fsp3) is 0.529. The van der Waals surface area contributed by atoms with Crippen molar-refractivity contribution < 1.29 is 19.4 Å². The smallest absolute Gasteiger partial charge is 0.326 e. The number of carboxylic acids is 1. The predicted octanol–water partition coefficient (Wildman–Crippen LogP) is 2.61. The first-order chi connectivity index (χ1) is 10.4. The number of aryl methyl sites for hydroxylation is 2. The number of ether oxygens (including phenoxy) is 1. The van der Waals surface area contributed by atoms with Gasteiger partial charge in [-0.3, -0.25) is 4.79 Å². The third kappa shape index (κ3) is 5.06. The first-order valence-electron chi connectivity index (χ1n) is 7.55. The molecule has 0 aliphatic heterocycles. The fourth-order valence-electron chi connectivity index (χ4n) is 2.50. The van der Waals surface area contributed by atoms with Crippen molar-refractivity contribution in [3.63, 3.8) is 0 Å². The number of hydrogen-bond acceptors (Lipinski definition) is 3. The number of methoxy groups -OCH3 is 1. The monoisotopic (exact) mass is 307 g/mol. The Morgan fingerprint density at radius 2 is 1.86 bits per heavy atom. The van der Waals surface area contributed by atoms with Gasteiger partial charge in [0.15, 0.2) is 0 Å². The molecule has 0 heterocycles. The van der Waals surface area contributed by atoms with Gasteiger partial charge in [-0.15, -0.1) is 0 Å². The first-order valence-corrected chi connectivity index (χ1v) is 7.55. The van der Waals surface area contributed by atoms with E-state index in [0.29, 0.717) is 19.3 Å². The average Bonchev–Trinajstić information content (AvgIpc) is 2.46. The average molecular weight is 307 g/mol. The lowest BCUT2D eigenvalue weighted by atomic mass is 9.97. The zero-order valence-electron chi connectivity index (χ0n) is 13.7. The molecule has 1 amide bonds. The summed E-state index contributed by atoms with van der Waals surface area (Å²) >= 11 is 0. The number of hydrogen-bond donors (Lipinski definition) is 2. The van der Waals surface area contributed by atoms with Crippen LogP contribution >= 0.6 is 0 Å². The van der Waals surface area contributed by atoms with E-state index in [2.05, 4.69) is 5.32 Å². The highest BCUT2D eigenvalue weighted by Gasteiger charge is 2.17. The van der Waals surface area contributed by atoms with E-state index in [1.165, 1.54) is 5.56 Å². The topological polar surface area (TPSA) is 75.6 Å². The SMILES string of the molecule is CCC(NC(=O)CCCc1c(C)cc(OC)cc1C)C(=O)O. The van der Waals surface area contributed by atoms with E-state index in [1.54, 1.807) is 14.0 Å². The molecule has 122 valence electrons. The van der Waals surface area contributed by atoms with Gasteiger partial charge in [-0.1, -0.05) is 6.92 Å². The Kier molecular flexibility index (Phi) is 6.89. The molecule has 0 aromatic heterocycles. The van der Waals surface area contributed by atoms with E-state index in [0.717, 1.165) is 23.3 Å². The molecule has 0 saturated carbocycles. The largest absolute Gasteiger partial charge is 0.497 e. The van der Waals surface area contributed by atoms with Crippen LogP contribution in [-0.2, 0) is 16.0 Å². The standard InChI is InChI=1S/C17H25NO4/c1-5-15(17(20)21)18-16(19)8-6-7-14-11(2)9-13(22-4)10-12(14)3/h9-10,15H,5-8H2,1-4H3,(H,18,19)(H,20,21). The highest BCUT2D eigenvalue weighted by molar-refractivity contribution is 5.83. The summed E-state index contributed by atoms with van der Waals surface area (Å²) < 4.78 is 5.23. The van der Waals surface area contributed by atoms with Gasteiger partial charge < -0.3 is 15.2 Å². The Morgan fingerprint density at radius 3 is 2.32 bits per heavy atom. The van der Waals surface area contributed by atoms with Crippen molar-refractivity contribution >= 4 is 11.9 Å². The van der Waals surface area contributed by atoms with Crippen LogP contribution in [0.1, 0.15) is 42.9 Å². The number of benzene rings is 1. The molecule has 0 aliphatic rings. The van der Waals surface area contributed by atoms with Crippen molar-refractivity contribution in [2.45, 2.75) is 52.5 Å². The molecule has 5 nitrogen and oxygen atoms in total. The zero-order valence-corrected chi connectivity index (χ0v) is 13.7. The molecule has 22 heavy (non-hydrogen) atoms. The number of carboxylic acid groups (broad SMARTS) is 1. The lowest BCUT2D eigenvalue weighted by Gasteiger charge is -2.14. The summed E-state index contributed by atoms with van der Waals surface area (Å²) in [6.07, 6.45) is 2.20. The Hall–Kier alpha value is -2.04. The second-order valence-electron chi connectivity index (χ2n) is 5.46. The highest BCUT2D eigenvalue weighted by atomic mass is 16.5. The van der Waals surface area contributed by atoms with Crippen molar-refractivity contribution in [3.8, 4) is 5.75 Å². The van der Waals surface area contributed by atoms with Crippen LogP contribution in [0, 0.1) is 13.8 Å². The van der Waals surface area contributed by atoms with Gasteiger partial charge in [0, 0.05) is 6.42 Å². The molecule has 2 N–H and O–H groups in total. The zero-order chi connectivity index (χ0) is 16.7. The number of aliphatic carboxylic acids is 1. The predicted molar refractivity (Wildman–Crippen MR) is 85.3 cm³/mol. The molecule has 0 aliphatic carbocycles. The fourth-order valence-corrected chi connectivity index (χ4v) is 2.50. The summed E-state index contributed by atoms with van der Waals surface area (Å²) in [5, 5.41) is 11.5. The Bertz CT molecular complexity index is 516. The maximum absolute atomic E-state index is 11.8. The quantitative estimate of drug-likeness (QED) is 0.774. The van der Waals surface area contributed by atoms with E-state index in [1.807, 2.05) is 26.0 Å². The van der Waals surface area contributed by atoms with E-state index in [4.69, 9.17) is 9.84 Å². The van der Waals surface area contributed by atoms with Crippen LogP contribution in [-0.4, -0.2) is 30.1 Å². The summed E-state index contributed by atoms with van der Waals surface area (Å²) in [7, 11) is 1.64. The van der Waals surface area contributed by atoms with Crippen LogP contribution < -0.4 is 10.1 Å². The Balaban J connectivity index is 2.54. The molecule has 0 spiro atoms. The van der Waals surface area contributed by atoms with Gasteiger partial charge in [-0.25, -0.2) is 4.79 Å². The first kappa shape index (κ1) is 18.0. The molecular formula is C17H25NO4. The normalized spacial score (nSPS) is 11.8. The number of nitrogens with one attached hydrogen (secondary N) is 1. The molecule has 0 fully saturated rings. The van der Waals surface area contributed by atoms with Gasteiger partial charge in [0.05, 0.1) is 7.11 Å². The Labute approximate surface area is 131 Å². The van der Waals surface area contributed by atoms with Crippen LogP contribution in [0.2, 0.25) is 0 Å².